The molecule has 0 unspecified atom stereocenters. The second-order valence-corrected chi connectivity index (χ2v) is 6.78. The van der Waals surface area contributed by atoms with Gasteiger partial charge < -0.3 is 5.32 Å². The average molecular weight is 329 g/mol. The normalized spacial score (nSPS) is 10.9. The van der Waals surface area contributed by atoms with Gasteiger partial charge in [0.05, 0.1) is 0 Å². The van der Waals surface area contributed by atoms with E-state index in [0.29, 0.717) is 20.8 Å². The van der Waals surface area contributed by atoms with Crippen LogP contribution in [0.4, 0.5) is 13.9 Å². The zero-order chi connectivity index (χ0) is 15.4. The second-order valence-electron chi connectivity index (χ2n) is 4.58. The molecule has 1 N–H and O–H groups in total. The Balaban J connectivity index is 1.95. The molecule has 112 valence electrons. The van der Waals surface area contributed by atoms with Gasteiger partial charge in [0.2, 0.25) is 11.0 Å². The smallest absolute Gasteiger partial charge is 0.228 e. The molecule has 0 saturated carbocycles. The molecule has 0 atom stereocenters. The number of hydrogen-bond acceptors (Lipinski definition) is 5. The molecular formula is C13H13F2N3OS2. The Morgan fingerprint density at radius 1 is 1.29 bits per heavy atom. The molecule has 8 heteroatoms. The van der Waals surface area contributed by atoms with Crippen LogP contribution in [0.2, 0.25) is 0 Å². The molecule has 0 radical (unpaired) electrons. The Morgan fingerprint density at radius 2 is 1.95 bits per heavy atom. The fourth-order valence-electron chi connectivity index (χ4n) is 1.41. The number of carbonyl (C=O) groups excluding carboxylic acids is 1. The molecule has 2 rings (SSSR count). The first kappa shape index (κ1) is 15.8. The first-order chi connectivity index (χ1) is 9.94. The van der Waals surface area contributed by atoms with Crippen molar-refractivity contribution in [2.45, 2.75) is 23.9 Å². The maximum absolute atomic E-state index is 13.1. The molecule has 0 aliphatic carbocycles. The van der Waals surface area contributed by atoms with Crippen LogP contribution in [0.5, 0.6) is 0 Å². The summed E-state index contributed by atoms with van der Waals surface area (Å²) < 4.78 is 26.7. The Bertz CT molecular complexity index is 626. The third kappa shape index (κ3) is 4.75. The van der Waals surface area contributed by atoms with Crippen molar-refractivity contribution in [2.24, 2.45) is 5.92 Å². The topological polar surface area (TPSA) is 54.9 Å². The molecule has 0 spiro atoms. The van der Waals surface area contributed by atoms with Gasteiger partial charge in [-0.15, -0.1) is 10.2 Å². The van der Waals surface area contributed by atoms with Crippen LogP contribution < -0.4 is 5.32 Å². The minimum Gasteiger partial charge on any atom is -0.300 e. The lowest BCUT2D eigenvalue weighted by molar-refractivity contribution is -0.118. The van der Waals surface area contributed by atoms with Crippen LogP contribution in [0.25, 0.3) is 0 Å². The number of halogens is 2. The van der Waals surface area contributed by atoms with Gasteiger partial charge in [0, 0.05) is 17.7 Å². The molecule has 0 aliphatic heterocycles. The highest BCUT2D eigenvalue weighted by Crippen LogP contribution is 2.28. The number of amides is 1. The number of anilines is 1. The summed E-state index contributed by atoms with van der Waals surface area (Å²) in [6.45, 7) is 3.56. The lowest BCUT2D eigenvalue weighted by Gasteiger charge is -2.02. The summed E-state index contributed by atoms with van der Waals surface area (Å²) >= 11 is 2.54. The van der Waals surface area contributed by atoms with Gasteiger partial charge in [0.1, 0.15) is 11.6 Å². The summed E-state index contributed by atoms with van der Waals surface area (Å²) in [6, 6.07) is 3.38. The van der Waals surface area contributed by atoms with Crippen molar-refractivity contribution in [1.29, 1.82) is 0 Å². The number of thioether (sulfide) groups is 1. The number of aromatic nitrogens is 2. The summed E-state index contributed by atoms with van der Waals surface area (Å²) in [7, 11) is 0. The predicted molar refractivity (Wildman–Crippen MR) is 79.3 cm³/mol. The molecule has 1 amide bonds. The second kappa shape index (κ2) is 6.95. The number of nitrogens with one attached hydrogen (secondary N) is 1. The van der Waals surface area contributed by atoms with E-state index in [0.717, 1.165) is 6.07 Å². The zero-order valence-electron chi connectivity index (χ0n) is 11.4. The molecule has 2 aromatic rings. The molecule has 1 aromatic heterocycles. The molecular weight excluding hydrogens is 316 g/mol. The van der Waals surface area contributed by atoms with Gasteiger partial charge in [-0.2, -0.15) is 0 Å². The van der Waals surface area contributed by atoms with Crippen molar-refractivity contribution < 1.29 is 13.6 Å². The lowest BCUT2D eigenvalue weighted by atomic mass is 10.2. The minimum atomic E-state index is -0.604. The molecule has 0 aliphatic rings. The van der Waals surface area contributed by atoms with Crippen LogP contribution in [-0.2, 0) is 10.5 Å². The highest BCUT2D eigenvalue weighted by Gasteiger charge is 2.11. The summed E-state index contributed by atoms with van der Waals surface area (Å²) in [5.41, 5.74) is 0.528. The lowest BCUT2D eigenvalue weighted by Crippen LogP contribution is -2.17. The largest absolute Gasteiger partial charge is 0.300 e. The maximum Gasteiger partial charge on any atom is 0.228 e. The number of carbonyl (C=O) groups is 1. The fourth-order valence-corrected chi connectivity index (χ4v) is 3.09. The van der Waals surface area contributed by atoms with Crippen LogP contribution in [0.15, 0.2) is 22.5 Å². The zero-order valence-corrected chi connectivity index (χ0v) is 13.0. The van der Waals surface area contributed by atoms with Crippen molar-refractivity contribution >= 4 is 34.1 Å². The highest BCUT2D eigenvalue weighted by molar-refractivity contribution is 8.00. The third-order valence-electron chi connectivity index (χ3n) is 2.45. The molecule has 0 bridgehead atoms. The van der Waals surface area contributed by atoms with Gasteiger partial charge in [-0.25, -0.2) is 8.78 Å². The number of nitrogens with zero attached hydrogens (tertiary/aromatic N) is 2. The van der Waals surface area contributed by atoms with Crippen molar-refractivity contribution in [2.75, 3.05) is 5.32 Å². The quantitative estimate of drug-likeness (QED) is 0.671. The van der Waals surface area contributed by atoms with Gasteiger partial charge in [-0.1, -0.05) is 36.9 Å². The van der Waals surface area contributed by atoms with E-state index >= 15 is 0 Å². The van der Waals surface area contributed by atoms with Crippen LogP contribution >= 0.6 is 23.1 Å². The van der Waals surface area contributed by atoms with Crippen molar-refractivity contribution in [3.8, 4) is 0 Å². The molecule has 0 fully saturated rings. The predicted octanol–water partition coefficient (Wildman–Crippen LogP) is 3.70. The molecule has 21 heavy (non-hydrogen) atoms. The van der Waals surface area contributed by atoms with E-state index in [4.69, 9.17) is 0 Å². The highest BCUT2D eigenvalue weighted by atomic mass is 32.2. The van der Waals surface area contributed by atoms with Crippen molar-refractivity contribution in [3.05, 3.63) is 35.4 Å². The van der Waals surface area contributed by atoms with E-state index in [1.165, 1.54) is 35.2 Å². The number of rotatable bonds is 5. The summed E-state index contributed by atoms with van der Waals surface area (Å²) in [4.78, 5) is 11.5. The molecule has 1 aromatic carbocycles. The monoisotopic (exact) mass is 329 g/mol. The first-order valence-corrected chi connectivity index (χ1v) is 7.96. The average Bonchev–Trinajstić information content (AvgIpc) is 2.83. The number of benzene rings is 1. The van der Waals surface area contributed by atoms with Crippen LogP contribution in [0.1, 0.15) is 19.4 Å². The van der Waals surface area contributed by atoms with Gasteiger partial charge in [0.15, 0.2) is 4.34 Å². The van der Waals surface area contributed by atoms with E-state index in [2.05, 4.69) is 15.5 Å². The van der Waals surface area contributed by atoms with E-state index in [9.17, 15) is 13.6 Å². The van der Waals surface area contributed by atoms with Crippen molar-refractivity contribution in [3.63, 3.8) is 0 Å². The van der Waals surface area contributed by atoms with E-state index < -0.39 is 11.6 Å². The van der Waals surface area contributed by atoms with Gasteiger partial charge >= 0.3 is 0 Å². The van der Waals surface area contributed by atoms with Gasteiger partial charge in [-0.3, -0.25) is 4.79 Å². The van der Waals surface area contributed by atoms with Gasteiger partial charge in [0.25, 0.3) is 0 Å². The Morgan fingerprint density at radius 3 is 2.57 bits per heavy atom. The SMILES string of the molecule is CC(C)C(=O)Nc1nnc(SCc2cc(F)cc(F)c2)s1. The molecule has 0 saturated heterocycles. The Labute approximate surface area is 129 Å². The first-order valence-electron chi connectivity index (χ1n) is 6.16. The summed E-state index contributed by atoms with van der Waals surface area (Å²) in [5, 5.41) is 10.8. The molecule has 4 nitrogen and oxygen atoms in total. The minimum absolute atomic E-state index is 0.130. The summed E-state index contributed by atoms with van der Waals surface area (Å²) in [5.74, 6) is -1.10. The van der Waals surface area contributed by atoms with Crippen molar-refractivity contribution in [1.82, 2.24) is 10.2 Å². The van der Waals surface area contributed by atoms with E-state index in [1.807, 2.05) is 0 Å². The van der Waals surface area contributed by atoms with Crippen LogP contribution in [0.3, 0.4) is 0 Å². The Kier molecular flexibility index (Phi) is 5.24. The standard InChI is InChI=1S/C13H13F2N3OS2/c1-7(2)11(19)16-12-17-18-13(21-12)20-6-8-3-9(14)5-10(15)4-8/h3-5,7H,6H2,1-2H3,(H,16,17,19). The summed E-state index contributed by atoms with van der Waals surface area (Å²) in [6.07, 6.45) is 0. The Hall–Kier alpha value is -1.54. The van der Waals surface area contributed by atoms with Crippen LogP contribution in [-0.4, -0.2) is 16.1 Å². The van der Waals surface area contributed by atoms with Crippen LogP contribution in [0, 0.1) is 17.6 Å². The number of hydrogen-bond donors (Lipinski definition) is 1. The van der Waals surface area contributed by atoms with E-state index in [1.54, 1.807) is 13.8 Å². The third-order valence-corrected chi connectivity index (χ3v) is 4.49. The maximum atomic E-state index is 13.1. The fraction of sp³-hybridized carbons (Fsp3) is 0.308. The molecule has 1 heterocycles. The van der Waals surface area contributed by atoms with E-state index in [-0.39, 0.29) is 11.8 Å². The van der Waals surface area contributed by atoms with Gasteiger partial charge in [-0.05, 0) is 17.7 Å².